The molecule has 1 aromatic heterocycles. The molecule has 11 heteroatoms. The van der Waals surface area contributed by atoms with Gasteiger partial charge in [0.2, 0.25) is 10.0 Å². The lowest BCUT2D eigenvalue weighted by atomic mass is 9.98. The van der Waals surface area contributed by atoms with Crippen LogP contribution in [0, 0.1) is 0 Å². The highest BCUT2D eigenvalue weighted by Gasteiger charge is 2.42. The van der Waals surface area contributed by atoms with Crippen molar-refractivity contribution in [3.05, 3.63) is 57.3 Å². The maximum atomic E-state index is 12.5. The van der Waals surface area contributed by atoms with Crippen LogP contribution in [-0.2, 0) is 34.5 Å². The Morgan fingerprint density at radius 2 is 1.94 bits per heavy atom. The Hall–Kier alpha value is -1.39. The van der Waals surface area contributed by atoms with Crippen LogP contribution in [0.25, 0.3) is 10.7 Å². The number of pyridine rings is 1. The first-order chi connectivity index (χ1) is 14.5. The average Bonchev–Trinajstić information content (AvgIpc) is 3.52. The molecule has 1 aromatic carbocycles. The molecule has 2 heterocycles. The molecule has 166 valence electrons. The first-order valence-corrected chi connectivity index (χ1v) is 14.5. The first kappa shape index (κ1) is 22.8. The second-order valence-electron chi connectivity index (χ2n) is 7.97. The van der Waals surface area contributed by atoms with Gasteiger partial charge in [-0.3, -0.25) is 9.29 Å². The van der Waals surface area contributed by atoms with Gasteiger partial charge in [0.25, 0.3) is 0 Å². The van der Waals surface area contributed by atoms with E-state index in [9.17, 15) is 17.7 Å². The Bertz CT molecular complexity index is 1300. The molecule has 2 aliphatic rings. The van der Waals surface area contributed by atoms with Crippen LogP contribution in [0.1, 0.15) is 43.5 Å². The fraction of sp³-hybridized carbons (Fsp3) is 0.350. The summed E-state index contributed by atoms with van der Waals surface area (Å²) in [6, 6.07) is 6.58. The number of anilines is 1. The summed E-state index contributed by atoms with van der Waals surface area (Å²) in [4.78, 5) is 4.68. The summed E-state index contributed by atoms with van der Waals surface area (Å²) in [6.07, 6.45) is 4.11. The zero-order chi connectivity index (χ0) is 22.7. The van der Waals surface area contributed by atoms with Crippen LogP contribution in [0.4, 0.5) is 5.69 Å². The minimum atomic E-state index is -3.64. The van der Waals surface area contributed by atoms with Gasteiger partial charge in [-0.1, -0.05) is 35.3 Å². The van der Waals surface area contributed by atoms with Gasteiger partial charge < -0.3 is 5.11 Å². The van der Waals surface area contributed by atoms with Crippen molar-refractivity contribution in [3.8, 4) is 0 Å². The van der Waals surface area contributed by atoms with Crippen LogP contribution in [0.5, 0.6) is 0 Å². The van der Waals surface area contributed by atoms with Gasteiger partial charge in [-0.25, -0.2) is 12.6 Å². The summed E-state index contributed by atoms with van der Waals surface area (Å²) < 4.78 is 38.0. The van der Waals surface area contributed by atoms with Crippen molar-refractivity contribution in [1.82, 2.24) is 4.98 Å². The first-order valence-electron chi connectivity index (χ1n) is 9.41. The quantitative estimate of drug-likeness (QED) is 0.633. The second-order valence-corrected chi connectivity index (χ2v) is 14.1. The highest BCUT2D eigenvalue weighted by atomic mass is 35.5. The summed E-state index contributed by atoms with van der Waals surface area (Å²) in [5.41, 5.74) is 1.71. The van der Waals surface area contributed by atoms with Crippen LogP contribution < -0.4 is 4.31 Å². The van der Waals surface area contributed by atoms with Gasteiger partial charge in [0.1, 0.15) is 15.9 Å². The van der Waals surface area contributed by atoms with E-state index in [0.717, 1.165) is 11.8 Å². The molecule has 0 amide bonds. The second kappa shape index (κ2) is 7.88. The number of rotatable bonds is 4. The van der Waals surface area contributed by atoms with Gasteiger partial charge in [-0.05, 0) is 53.8 Å². The minimum absolute atomic E-state index is 0.0908. The molecule has 1 fully saturated rings. The van der Waals surface area contributed by atoms with E-state index in [-0.39, 0.29) is 27.5 Å². The van der Waals surface area contributed by atoms with E-state index < -0.39 is 24.2 Å². The Morgan fingerprint density at radius 3 is 2.52 bits per heavy atom. The minimum Gasteiger partial charge on any atom is -0.505 e. The lowest BCUT2D eigenvalue weighted by Crippen LogP contribution is -2.33. The van der Waals surface area contributed by atoms with Gasteiger partial charge in [-0.15, -0.1) is 0 Å². The van der Waals surface area contributed by atoms with Crippen molar-refractivity contribution in [1.29, 1.82) is 0 Å². The summed E-state index contributed by atoms with van der Waals surface area (Å²) >= 11 is 13.2. The summed E-state index contributed by atoms with van der Waals surface area (Å²) in [5.74, 6) is -0.130. The lowest BCUT2D eigenvalue weighted by molar-refractivity contribution is 0.507. The highest BCUT2D eigenvalue weighted by molar-refractivity contribution is 8.36. The molecular weight excluding hydrogens is 499 g/mol. The zero-order valence-electron chi connectivity index (χ0n) is 16.9. The molecule has 2 aromatic rings. The standard InChI is InChI=1S/C20H20Cl2N2O4S3/c1-20(2)13-5-4-10-23-16(13)18(25)19(30(20)29-26)12-8-9-14(21)17(15(12)22)24(11-6-7-11)31(3,27)28/h4-5,8-11,25H,6-7H2,1-3H3. The third kappa shape index (κ3) is 3.74. The average molecular weight is 519 g/mol. The predicted octanol–water partition coefficient (Wildman–Crippen LogP) is 4.70. The number of nitrogens with zero attached hydrogens (tertiary/aromatic N) is 2. The lowest BCUT2D eigenvalue weighted by Gasteiger charge is -2.35. The van der Waals surface area contributed by atoms with Crippen LogP contribution in [0.2, 0.25) is 10.0 Å². The van der Waals surface area contributed by atoms with Gasteiger partial charge in [0, 0.05) is 22.5 Å². The van der Waals surface area contributed by atoms with Gasteiger partial charge in [-0.2, -0.15) is 0 Å². The molecule has 31 heavy (non-hydrogen) atoms. The van der Waals surface area contributed by atoms with E-state index in [0.29, 0.717) is 39.2 Å². The van der Waals surface area contributed by atoms with Crippen molar-refractivity contribution in [2.45, 2.75) is 37.5 Å². The maximum Gasteiger partial charge on any atom is 0.232 e. The molecule has 1 aliphatic heterocycles. The molecular formula is C20H20Cl2N2O4S3. The van der Waals surface area contributed by atoms with Crippen molar-refractivity contribution in [3.63, 3.8) is 0 Å². The monoisotopic (exact) mass is 518 g/mol. The molecule has 4 rings (SSSR count). The molecule has 0 saturated heterocycles. The SMILES string of the molecule is CC1(C)c2cccnc2C(O)=C(c2ccc(Cl)c(N(C3CC3)S(C)(=O)=O)c2Cl)S1=S=O. The summed E-state index contributed by atoms with van der Waals surface area (Å²) in [6.45, 7) is 3.84. The summed E-state index contributed by atoms with van der Waals surface area (Å²) in [7, 11) is -4.30. The van der Waals surface area contributed by atoms with Gasteiger partial charge in [0.05, 0.1) is 26.9 Å². The topological polar surface area (TPSA) is 87.6 Å². The van der Waals surface area contributed by atoms with Crippen LogP contribution >= 0.6 is 23.2 Å². The number of fused-ring (bicyclic) bond motifs is 1. The molecule has 1 atom stereocenters. The molecule has 1 unspecified atom stereocenters. The van der Waals surface area contributed by atoms with Crippen molar-refractivity contribution in [2.75, 3.05) is 10.6 Å². The van der Waals surface area contributed by atoms with Crippen molar-refractivity contribution in [2.24, 2.45) is 0 Å². The molecule has 1 N–H and O–H groups in total. The number of aromatic nitrogens is 1. The smallest absolute Gasteiger partial charge is 0.232 e. The van der Waals surface area contributed by atoms with Gasteiger partial charge >= 0.3 is 0 Å². The Labute approximate surface area is 196 Å². The maximum absolute atomic E-state index is 12.5. The van der Waals surface area contributed by atoms with E-state index in [1.165, 1.54) is 4.31 Å². The van der Waals surface area contributed by atoms with Crippen molar-refractivity contribution >= 4 is 69.3 Å². The third-order valence-electron chi connectivity index (χ3n) is 5.38. The zero-order valence-corrected chi connectivity index (χ0v) is 20.9. The Kier molecular flexibility index (Phi) is 5.79. The third-order valence-corrected chi connectivity index (χ3v) is 11.5. The molecule has 0 spiro atoms. The van der Waals surface area contributed by atoms with Crippen LogP contribution in [0.15, 0.2) is 30.5 Å². The fourth-order valence-corrected chi connectivity index (χ4v) is 9.15. The van der Waals surface area contributed by atoms with E-state index in [1.807, 2.05) is 19.9 Å². The number of halogens is 2. The molecule has 0 radical (unpaired) electrons. The molecule has 0 bridgehead atoms. The van der Waals surface area contributed by atoms with Crippen molar-refractivity contribution < 1.29 is 17.7 Å². The number of aliphatic hydroxyl groups excluding tert-OH is 1. The number of hydrogen-bond acceptors (Lipinski definition) is 5. The highest BCUT2D eigenvalue weighted by Crippen LogP contribution is 2.50. The molecule has 1 aliphatic carbocycles. The number of benzene rings is 1. The molecule has 6 nitrogen and oxygen atoms in total. The van der Waals surface area contributed by atoms with Crippen LogP contribution in [-0.4, -0.2) is 35.0 Å². The van der Waals surface area contributed by atoms with Gasteiger partial charge in [0.15, 0.2) is 5.76 Å². The van der Waals surface area contributed by atoms with E-state index in [2.05, 4.69) is 4.98 Å². The largest absolute Gasteiger partial charge is 0.505 e. The van der Waals surface area contributed by atoms with Crippen LogP contribution in [0.3, 0.4) is 0 Å². The summed E-state index contributed by atoms with van der Waals surface area (Å²) in [5, 5.41) is 11.4. The number of hydrogen-bond donors (Lipinski definition) is 1. The Balaban J connectivity index is 2.04. The normalized spacial score (nSPS) is 20.4. The van der Waals surface area contributed by atoms with E-state index in [1.54, 1.807) is 24.4 Å². The number of sulfonamides is 1. The fourth-order valence-electron chi connectivity index (χ4n) is 3.82. The van der Waals surface area contributed by atoms with E-state index >= 15 is 0 Å². The Morgan fingerprint density at radius 1 is 1.26 bits per heavy atom. The molecule has 1 saturated carbocycles. The number of aliphatic hydroxyl groups is 1. The van der Waals surface area contributed by atoms with E-state index in [4.69, 9.17) is 23.2 Å². The predicted molar refractivity (Wildman–Crippen MR) is 129 cm³/mol.